The highest BCUT2D eigenvalue weighted by atomic mass is 16.3. The zero-order valence-corrected chi connectivity index (χ0v) is 35.5. The molecule has 61 heavy (non-hydrogen) atoms. The molecule has 0 saturated heterocycles. The van der Waals surface area contributed by atoms with E-state index in [-0.39, 0.29) is 16.6 Å². The van der Waals surface area contributed by atoms with Crippen molar-refractivity contribution in [2.24, 2.45) is 0 Å². The van der Waals surface area contributed by atoms with Crippen LogP contribution in [-0.2, 0) is 10.8 Å². The molecule has 3 heterocycles. The van der Waals surface area contributed by atoms with Crippen LogP contribution in [0.25, 0.3) is 66.9 Å². The van der Waals surface area contributed by atoms with Crippen molar-refractivity contribution in [2.75, 3.05) is 4.90 Å². The van der Waals surface area contributed by atoms with E-state index in [1.54, 1.807) is 12.3 Å². The van der Waals surface area contributed by atoms with E-state index in [1.807, 2.05) is 54.7 Å². The summed E-state index contributed by atoms with van der Waals surface area (Å²) in [6, 6.07) is 58.4. The standard InChI is InChI=1S/C56H49N3O2/c1-55(2,3)42-30-40(31-43(35-42)56(4,5)6)41-33-49(58-50(34-41)46-24-13-14-25-51(46)60)39-22-17-23-44(32-39)59(52-26-15-16-28-57-52)53-48(38-20-11-8-12-21-38)36-47(37-18-9-7-10-19-37)45-27-29-61-54(45)53/h7-36,60H,1-6H3. The molecule has 0 saturated carbocycles. The van der Waals surface area contributed by atoms with Crippen molar-refractivity contribution in [3.63, 3.8) is 0 Å². The van der Waals surface area contributed by atoms with E-state index in [2.05, 4.69) is 162 Å². The van der Waals surface area contributed by atoms with Gasteiger partial charge in [-0.3, -0.25) is 4.90 Å². The van der Waals surface area contributed by atoms with Crippen LogP contribution in [0.2, 0.25) is 0 Å². The molecular weight excluding hydrogens is 747 g/mol. The van der Waals surface area contributed by atoms with Gasteiger partial charge >= 0.3 is 0 Å². The van der Waals surface area contributed by atoms with Crippen LogP contribution in [-0.4, -0.2) is 15.1 Å². The van der Waals surface area contributed by atoms with Crippen LogP contribution in [0, 0.1) is 0 Å². The highest BCUT2D eigenvalue weighted by Crippen LogP contribution is 2.49. The Morgan fingerprint density at radius 2 is 1.10 bits per heavy atom. The average molecular weight is 796 g/mol. The second-order valence-corrected chi connectivity index (χ2v) is 17.7. The average Bonchev–Trinajstić information content (AvgIpc) is 3.77. The lowest BCUT2D eigenvalue weighted by molar-refractivity contribution is 0.477. The topological polar surface area (TPSA) is 62.4 Å². The molecule has 9 aromatic rings. The zero-order valence-electron chi connectivity index (χ0n) is 35.5. The highest BCUT2D eigenvalue weighted by molar-refractivity contribution is 6.09. The summed E-state index contributed by atoms with van der Waals surface area (Å²) < 4.78 is 6.51. The fourth-order valence-electron chi connectivity index (χ4n) is 8.03. The number of anilines is 3. The zero-order chi connectivity index (χ0) is 42.3. The van der Waals surface area contributed by atoms with E-state index in [1.165, 1.54) is 11.1 Å². The first-order valence-electron chi connectivity index (χ1n) is 20.9. The molecular formula is C56H49N3O2. The maximum atomic E-state index is 11.2. The van der Waals surface area contributed by atoms with Crippen LogP contribution < -0.4 is 4.90 Å². The van der Waals surface area contributed by atoms with Gasteiger partial charge in [-0.15, -0.1) is 0 Å². The molecule has 9 rings (SSSR count). The lowest BCUT2D eigenvalue weighted by atomic mass is 9.79. The molecule has 0 unspecified atom stereocenters. The van der Waals surface area contributed by atoms with Crippen molar-refractivity contribution in [1.29, 1.82) is 0 Å². The third-order valence-electron chi connectivity index (χ3n) is 11.4. The van der Waals surface area contributed by atoms with Crippen molar-refractivity contribution < 1.29 is 9.52 Å². The maximum absolute atomic E-state index is 11.2. The van der Waals surface area contributed by atoms with E-state index in [4.69, 9.17) is 14.4 Å². The first-order chi connectivity index (χ1) is 29.4. The Kier molecular flexibility index (Phi) is 10.1. The number of phenols is 1. The van der Waals surface area contributed by atoms with Gasteiger partial charge in [-0.2, -0.15) is 0 Å². The number of rotatable bonds is 8. The van der Waals surface area contributed by atoms with E-state index in [0.717, 1.165) is 72.8 Å². The van der Waals surface area contributed by atoms with Crippen molar-refractivity contribution in [3.05, 3.63) is 193 Å². The van der Waals surface area contributed by atoms with Gasteiger partial charge in [0.15, 0.2) is 5.58 Å². The van der Waals surface area contributed by atoms with Gasteiger partial charge in [0.25, 0.3) is 0 Å². The minimum atomic E-state index is -0.0625. The summed E-state index contributed by atoms with van der Waals surface area (Å²) in [6.45, 7) is 13.6. The third-order valence-corrected chi connectivity index (χ3v) is 11.4. The highest BCUT2D eigenvalue weighted by Gasteiger charge is 2.26. The van der Waals surface area contributed by atoms with Gasteiger partial charge in [-0.25, -0.2) is 9.97 Å². The molecule has 0 aliphatic carbocycles. The number of para-hydroxylation sites is 1. The van der Waals surface area contributed by atoms with Crippen molar-refractivity contribution in [3.8, 4) is 61.6 Å². The van der Waals surface area contributed by atoms with Crippen LogP contribution in [0.5, 0.6) is 5.75 Å². The lowest BCUT2D eigenvalue weighted by Gasteiger charge is -2.28. The number of aromatic nitrogens is 2. The molecule has 0 aliphatic rings. The Morgan fingerprint density at radius 3 is 1.75 bits per heavy atom. The number of aromatic hydroxyl groups is 1. The summed E-state index contributed by atoms with van der Waals surface area (Å²) in [7, 11) is 0. The normalized spacial score (nSPS) is 11.8. The van der Waals surface area contributed by atoms with Crippen molar-refractivity contribution >= 4 is 28.2 Å². The van der Waals surface area contributed by atoms with Crippen molar-refractivity contribution in [1.82, 2.24) is 9.97 Å². The fraction of sp³-hybridized carbons (Fsp3) is 0.143. The fourth-order valence-corrected chi connectivity index (χ4v) is 8.03. The second-order valence-electron chi connectivity index (χ2n) is 17.7. The Hall–Kier alpha value is -7.24. The number of nitrogens with zero attached hydrogens (tertiary/aromatic N) is 3. The molecule has 1 N–H and O–H groups in total. The number of hydrogen-bond acceptors (Lipinski definition) is 5. The number of fused-ring (bicyclic) bond motifs is 1. The first kappa shape index (κ1) is 39.2. The molecule has 0 fully saturated rings. The van der Waals surface area contributed by atoms with Gasteiger partial charge in [0.1, 0.15) is 11.6 Å². The van der Waals surface area contributed by atoms with Gasteiger partial charge in [-0.05, 0) is 110 Å². The predicted molar refractivity (Wildman–Crippen MR) is 253 cm³/mol. The van der Waals surface area contributed by atoms with Gasteiger partial charge in [0, 0.05) is 34.0 Å². The Balaban J connectivity index is 1.29. The maximum Gasteiger partial charge on any atom is 0.159 e. The van der Waals surface area contributed by atoms with Gasteiger partial charge in [0.05, 0.1) is 23.3 Å². The van der Waals surface area contributed by atoms with Crippen LogP contribution in [0.3, 0.4) is 0 Å². The van der Waals surface area contributed by atoms with Crippen LogP contribution >= 0.6 is 0 Å². The van der Waals surface area contributed by atoms with E-state index in [9.17, 15) is 5.11 Å². The minimum Gasteiger partial charge on any atom is -0.507 e. The summed E-state index contributed by atoms with van der Waals surface area (Å²) >= 11 is 0. The summed E-state index contributed by atoms with van der Waals surface area (Å²) in [6.07, 6.45) is 3.60. The quantitative estimate of drug-likeness (QED) is 0.166. The van der Waals surface area contributed by atoms with Crippen molar-refractivity contribution in [2.45, 2.75) is 52.4 Å². The third kappa shape index (κ3) is 7.83. The SMILES string of the molecule is CC(C)(C)c1cc(-c2cc(-c3cccc(N(c4ccccn4)c4c(-c5ccccc5)cc(-c5ccccc5)c5ccoc45)c3)nc(-c3ccccc3O)c2)cc(C(C)(C)C)c1. The largest absolute Gasteiger partial charge is 0.507 e. The molecule has 0 bridgehead atoms. The molecule has 0 atom stereocenters. The molecule has 300 valence electrons. The molecule has 3 aromatic heterocycles. The summed E-state index contributed by atoms with van der Waals surface area (Å²) in [5, 5.41) is 12.2. The Labute approximate surface area is 358 Å². The Morgan fingerprint density at radius 1 is 0.492 bits per heavy atom. The predicted octanol–water partition coefficient (Wildman–Crippen LogP) is 15.3. The summed E-state index contributed by atoms with van der Waals surface area (Å²) in [5.41, 5.74) is 14.4. The van der Waals surface area contributed by atoms with E-state index >= 15 is 0 Å². The van der Waals surface area contributed by atoms with E-state index in [0.29, 0.717) is 11.3 Å². The molecule has 0 amide bonds. The van der Waals surface area contributed by atoms with E-state index < -0.39 is 0 Å². The summed E-state index contributed by atoms with van der Waals surface area (Å²) in [5.74, 6) is 0.925. The van der Waals surface area contributed by atoms with Gasteiger partial charge in [-0.1, -0.05) is 151 Å². The lowest BCUT2D eigenvalue weighted by Crippen LogP contribution is -2.16. The van der Waals surface area contributed by atoms with Crippen LogP contribution in [0.1, 0.15) is 52.7 Å². The number of benzene rings is 6. The summed E-state index contributed by atoms with van der Waals surface area (Å²) in [4.78, 5) is 12.4. The number of hydrogen-bond donors (Lipinski definition) is 1. The smallest absolute Gasteiger partial charge is 0.159 e. The number of furan rings is 1. The molecule has 0 spiro atoms. The number of pyridine rings is 2. The second kappa shape index (κ2) is 15.7. The number of phenolic OH excluding ortho intramolecular Hbond substituents is 1. The molecule has 0 radical (unpaired) electrons. The van der Waals surface area contributed by atoms with Gasteiger partial charge in [0.2, 0.25) is 0 Å². The molecule has 6 aromatic carbocycles. The van der Waals surface area contributed by atoms with Crippen LogP contribution in [0.15, 0.2) is 187 Å². The molecule has 0 aliphatic heterocycles. The Bertz CT molecular complexity index is 2960. The van der Waals surface area contributed by atoms with Gasteiger partial charge < -0.3 is 9.52 Å². The van der Waals surface area contributed by atoms with Crippen LogP contribution in [0.4, 0.5) is 17.2 Å². The first-order valence-corrected chi connectivity index (χ1v) is 20.9. The molecule has 5 nitrogen and oxygen atoms in total. The molecule has 5 heteroatoms. The minimum absolute atomic E-state index is 0.0625. The monoisotopic (exact) mass is 795 g/mol.